The number of rotatable bonds is 6. The number of nitrogens with zero attached hydrogens (tertiary/aromatic N) is 2. The number of benzene rings is 1. The number of carbonyl (C=O) groups excluding carboxylic acids is 1. The first-order valence-corrected chi connectivity index (χ1v) is 10.8. The summed E-state index contributed by atoms with van der Waals surface area (Å²) in [5.41, 5.74) is 0.978. The van der Waals surface area contributed by atoms with Crippen molar-refractivity contribution in [3.63, 3.8) is 0 Å². The van der Waals surface area contributed by atoms with Crippen molar-refractivity contribution >= 4 is 39.8 Å². The fourth-order valence-electron chi connectivity index (χ4n) is 3.24. The molecule has 7 heteroatoms. The Labute approximate surface area is 163 Å². The Hall–Kier alpha value is -1.60. The van der Waals surface area contributed by atoms with Crippen LogP contribution in [0.3, 0.4) is 0 Å². The van der Waals surface area contributed by atoms with Gasteiger partial charge < -0.3 is 10.6 Å². The van der Waals surface area contributed by atoms with Gasteiger partial charge in [-0.3, -0.25) is 4.79 Å². The summed E-state index contributed by atoms with van der Waals surface area (Å²) in [6.07, 6.45) is 3.54. The number of anilines is 2. The second kappa shape index (κ2) is 8.86. The minimum Gasteiger partial charge on any atom is -0.352 e. The molecule has 5 nitrogen and oxygen atoms in total. The standard InChI is InChI=1S/C19H26N4OS2/c1-12-8-7-11-16(13(12)2)21-17(24)14(3)25-19-23-22-18(26-19)20-15-9-5-4-6-10-15/h4-6,9-10,12-14,16H,7-8,11H2,1-3H3,(H,20,22)(H,21,24)/t12-,13-,14-,16-/m1/s1. The van der Waals surface area contributed by atoms with Crippen LogP contribution in [0, 0.1) is 11.8 Å². The van der Waals surface area contributed by atoms with E-state index in [2.05, 4.69) is 34.7 Å². The lowest BCUT2D eigenvalue weighted by molar-refractivity contribution is -0.121. The Bertz CT molecular complexity index is 721. The number of aromatic nitrogens is 2. The minimum absolute atomic E-state index is 0.0914. The van der Waals surface area contributed by atoms with Crippen LogP contribution in [0.4, 0.5) is 10.8 Å². The zero-order valence-corrected chi connectivity index (χ0v) is 17.1. The molecule has 1 aliphatic rings. The summed E-state index contributed by atoms with van der Waals surface area (Å²) in [5, 5.41) is 15.4. The number of hydrogen-bond donors (Lipinski definition) is 2. The third kappa shape index (κ3) is 4.98. The Morgan fingerprint density at radius 1 is 1.23 bits per heavy atom. The van der Waals surface area contributed by atoms with Gasteiger partial charge >= 0.3 is 0 Å². The van der Waals surface area contributed by atoms with Gasteiger partial charge in [0.15, 0.2) is 4.34 Å². The van der Waals surface area contributed by atoms with Crippen molar-refractivity contribution in [3.05, 3.63) is 30.3 Å². The number of carbonyl (C=O) groups is 1. The predicted octanol–water partition coefficient (Wildman–Crippen LogP) is 4.70. The summed E-state index contributed by atoms with van der Waals surface area (Å²) in [7, 11) is 0. The molecule has 1 aromatic carbocycles. The van der Waals surface area contributed by atoms with Crippen LogP contribution in [0.25, 0.3) is 0 Å². The molecule has 0 radical (unpaired) electrons. The van der Waals surface area contributed by atoms with Crippen LogP contribution < -0.4 is 10.6 Å². The van der Waals surface area contributed by atoms with E-state index in [1.165, 1.54) is 35.9 Å². The molecule has 1 heterocycles. The molecular formula is C19H26N4OS2. The van der Waals surface area contributed by atoms with Crippen LogP contribution in [0.1, 0.15) is 40.0 Å². The average Bonchev–Trinajstić information content (AvgIpc) is 3.06. The number of thioether (sulfide) groups is 1. The maximum absolute atomic E-state index is 12.6. The lowest BCUT2D eigenvalue weighted by Gasteiger charge is -2.35. The fraction of sp³-hybridized carbons (Fsp3) is 0.526. The van der Waals surface area contributed by atoms with Crippen LogP contribution in [0.2, 0.25) is 0 Å². The van der Waals surface area contributed by atoms with Gasteiger partial charge in [0.05, 0.1) is 5.25 Å². The molecule has 1 aliphatic carbocycles. The van der Waals surface area contributed by atoms with E-state index in [1.54, 1.807) is 0 Å². The summed E-state index contributed by atoms with van der Waals surface area (Å²) >= 11 is 2.94. The van der Waals surface area contributed by atoms with Crippen molar-refractivity contribution in [2.45, 2.75) is 55.7 Å². The van der Waals surface area contributed by atoms with Gasteiger partial charge in [-0.1, -0.05) is 68.0 Å². The van der Waals surface area contributed by atoms with Gasteiger partial charge in [-0.2, -0.15) is 0 Å². The first-order chi connectivity index (χ1) is 12.5. The highest BCUT2D eigenvalue weighted by atomic mass is 32.2. The van der Waals surface area contributed by atoms with Gasteiger partial charge in [0.1, 0.15) is 0 Å². The third-order valence-electron chi connectivity index (χ3n) is 5.11. The molecule has 0 spiro atoms. The molecule has 0 bridgehead atoms. The first kappa shape index (κ1) is 19.2. The van der Waals surface area contributed by atoms with Crippen LogP contribution in [0.15, 0.2) is 34.7 Å². The number of amides is 1. The highest BCUT2D eigenvalue weighted by molar-refractivity contribution is 8.02. The van der Waals surface area contributed by atoms with E-state index in [1.807, 2.05) is 37.3 Å². The summed E-state index contributed by atoms with van der Waals surface area (Å²) in [6, 6.07) is 10.2. The summed E-state index contributed by atoms with van der Waals surface area (Å²) < 4.78 is 0.802. The van der Waals surface area contributed by atoms with Crippen LogP contribution >= 0.6 is 23.1 Å². The van der Waals surface area contributed by atoms with E-state index >= 15 is 0 Å². The largest absolute Gasteiger partial charge is 0.352 e. The van der Waals surface area contributed by atoms with Crippen molar-refractivity contribution in [1.29, 1.82) is 0 Å². The van der Waals surface area contributed by atoms with E-state index < -0.39 is 0 Å². The fourth-order valence-corrected chi connectivity index (χ4v) is 5.17. The average molecular weight is 391 g/mol. The molecule has 140 valence electrons. The molecule has 0 saturated heterocycles. The highest BCUT2D eigenvalue weighted by Crippen LogP contribution is 2.32. The Kier molecular flexibility index (Phi) is 6.53. The normalized spacial score (nSPS) is 24.0. The first-order valence-electron chi connectivity index (χ1n) is 9.15. The maximum atomic E-state index is 12.6. The third-order valence-corrected chi connectivity index (χ3v) is 7.14. The molecule has 4 atom stereocenters. The number of nitrogens with one attached hydrogen (secondary N) is 2. The van der Waals surface area contributed by atoms with Crippen molar-refractivity contribution < 1.29 is 4.79 Å². The van der Waals surface area contributed by atoms with Gasteiger partial charge in [-0.25, -0.2) is 0 Å². The zero-order valence-electron chi connectivity index (χ0n) is 15.4. The number of hydrogen-bond acceptors (Lipinski definition) is 6. The smallest absolute Gasteiger partial charge is 0.233 e. The molecule has 2 aromatic rings. The topological polar surface area (TPSA) is 66.9 Å². The number of para-hydroxylation sites is 1. The Morgan fingerprint density at radius 2 is 2.00 bits per heavy atom. The van der Waals surface area contributed by atoms with E-state index in [4.69, 9.17) is 0 Å². The lowest BCUT2D eigenvalue weighted by Crippen LogP contribution is -2.46. The minimum atomic E-state index is -0.183. The SMILES string of the molecule is C[C@@H]1[C@H](C)CCC[C@H]1NC(=O)[C@@H](C)Sc1nnc(Nc2ccccc2)s1. The van der Waals surface area contributed by atoms with Gasteiger partial charge in [-0.05, 0) is 37.3 Å². The molecule has 0 unspecified atom stereocenters. The van der Waals surface area contributed by atoms with E-state index in [0.717, 1.165) is 21.6 Å². The molecule has 1 aromatic heterocycles. The van der Waals surface area contributed by atoms with Crippen molar-refractivity contribution in [1.82, 2.24) is 15.5 Å². The lowest BCUT2D eigenvalue weighted by atomic mass is 9.78. The molecule has 3 rings (SSSR count). The Morgan fingerprint density at radius 3 is 2.77 bits per heavy atom. The summed E-state index contributed by atoms with van der Waals surface area (Å²) in [4.78, 5) is 12.6. The van der Waals surface area contributed by atoms with Crippen molar-refractivity contribution in [3.8, 4) is 0 Å². The van der Waals surface area contributed by atoms with Crippen LogP contribution in [-0.2, 0) is 4.79 Å². The molecule has 0 aliphatic heterocycles. The highest BCUT2D eigenvalue weighted by Gasteiger charge is 2.29. The second-order valence-electron chi connectivity index (χ2n) is 7.01. The summed E-state index contributed by atoms with van der Waals surface area (Å²) in [6.45, 7) is 6.46. The van der Waals surface area contributed by atoms with Crippen LogP contribution in [-0.4, -0.2) is 27.4 Å². The monoisotopic (exact) mass is 390 g/mol. The predicted molar refractivity (Wildman–Crippen MR) is 109 cm³/mol. The van der Waals surface area contributed by atoms with Crippen molar-refractivity contribution in [2.24, 2.45) is 11.8 Å². The molecule has 1 saturated carbocycles. The quantitative estimate of drug-likeness (QED) is 0.700. The van der Waals surface area contributed by atoms with Gasteiger partial charge in [-0.15, -0.1) is 10.2 Å². The van der Waals surface area contributed by atoms with E-state index in [0.29, 0.717) is 17.9 Å². The molecular weight excluding hydrogens is 364 g/mol. The van der Waals surface area contributed by atoms with Crippen molar-refractivity contribution in [2.75, 3.05) is 5.32 Å². The van der Waals surface area contributed by atoms with Gasteiger partial charge in [0.2, 0.25) is 11.0 Å². The van der Waals surface area contributed by atoms with E-state index in [-0.39, 0.29) is 11.2 Å². The zero-order chi connectivity index (χ0) is 18.5. The molecule has 26 heavy (non-hydrogen) atoms. The van der Waals surface area contributed by atoms with Crippen LogP contribution in [0.5, 0.6) is 0 Å². The molecule has 1 amide bonds. The Balaban J connectivity index is 1.53. The van der Waals surface area contributed by atoms with Gasteiger partial charge in [0, 0.05) is 11.7 Å². The molecule has 1 fully saturated rings. The molecule has 2 N–H and O–H groups in total. The van der Waals surface area contributed by atoms with Gasteiger partial charge in [0.25, 0.3) is 0 Å². The summed E-state index contributed by atoms with van der Waals surface area (Å²) in [5.74, 6) is 1.30. The second-order valence-corrected chi connectivity index (χ2v) is 9.57. The maximum Gasteiger partial charge on any atom is 0.233 e. The van der Waals surface area contributed by atoms with E-state index in [9.17, 15) is 4.79 Å².